The first-order valence-corrected chi connectivity index (χ1v) is 8.44. The maximum atomic E-state index is 12.3. The summed E-state index contributed by atoms with van der Waals surface area (Å²) < 4.78 is 6.94. The van der Waals surface area contributed by atoms with E-state index in [-0.39, 0.29) is 5.97 Å². The number of nitrogens with zero attached hydrogens (tertiary/aromatic N) is 3. The molecule has 1 aliphatic heterocycles. The Balaban J connectivity index is 1.87. The third-order valence-electron chi connectivity index (χ3n) is 4.13. The number of hydrogen-bond donors (Lipinski definition) is 1. The monoisotopic (exact) mass is 328 g/mol. The van der Waals surface area contributed by atoms with E-state index in [1.54, 1.807) is 4.68 Å². The molecule has 1 aliphatic rings. The van der Waals surface area contributed by atoms with E-state index in [0.717, 1.165) is 30.9 Å². The lowest BCUT2D eigenvalue weighted by Crippen LogP contribution is -2.48. The van der Waals surface area contributed by atoms with Crippen LogP contribution in [0.4, 0.5) is 0 Å². The summed E-state index contributed by atoms with van der Waals surface area (Å²) in [6, 6.07) is 10.3. The van der Waals surface area contributed by atoms with Crippen molar-refractivity contribution in [2.75, 3.05) is 26.2 Å². The quantitative estimate of drug-likeness (QED) is 0.849. The summed E-state index contributed by atoms with van der Waals surface area (Å²) >= 11 is 0. The summed E-state index contributed by atoms with van der Waals surface area (Å²) in [6.45, 7) is 7.91. The number of aromatic nitrogens is 2. The molecular weight excluding hydrogens is 304 g/mol. The van der Waals surface area contributed by atoms with Gasteiger partial charge in [-0.3, -0.25) is 4.90 Å². The number of nitrogens with one attached hydrogen (secondary N) is 1. The average molecular weight is 328 g/mol. The third kappa shape index (κ3) is 3.83. The van der Waals surface area contributed by atoms with Crippen molar-refractivity contribution < 1.29 is 9.53 Å². The lowest BCUT2D eigenvalue weighted by atomic mass is 10.2. The largest absolute Gasteiger partial charge is 0.461 e. The van der Waals surface area contributed by atoms with Gasteiger partial charge in [0.2, 0.25) is 0 Å². The van der Waals surface area contributed by atoms with Gasteiger partial charge in [0.25, 0.3) is 0 Å². The molecule has 128 valence electrons. The van der Waals surface area contributed by atoms with Crippen LogP contribution in [0.2, 0.25) is 0 Å². The SMILES string of the molecule is CCOC(=O)c1nn(-c2ccccc2)cc1CN1CCN[C@H](C)C1. The lowest BCUT2D eigenvalue weighted by molar-refractivity contribution is 0.0516. The topological polar surface area (TPSA) is 59.4 Å². The first-order chi connectivity index (χ1) is 11.7. The summed E-state index contributed by atoms with van der Waals surface area (Å²) in [4.78, 5) is 14.6. The zero-order valence-corrected chi connectivity index (χ0v) is 14.2. The number of benzene rings is 1. The third-order valence-corrected chi connectivity index (χ3v) is 4.13. The van der Waals surface area contributed by atoms with Crippen molar-refractivity contribution in [3.63, 3.8) is 0 Å². The Morgan fingerprint density at radius 1 is 1.38 bits per heavy atom. The molecule has 1 fully saturated rings. The Labute approximate surface area is 142 Å². The Kier molecular flexibility index (Phi) is 5.27. The van der Waals surface area contributed by atoms with Crippen LogP contribution in [0, 0.1) is 0 Å². The first-order valence-electron chi connectivity index (χ1n) is 8.44. The van der Waals surface area contributed by atoms with Gasteiger partial charge in [-0.25, -0.2) is 9.48 Å². The highest BCUT2D eigenvalue weighted by molar-refractivity contribution is 5.88. The zero-order valence-electron chi connectivity index (χ0n) is 14.2. The molecule has 0 amide bonds. The van der Waals surface area contributed by atoms with E-state index in [2.05, 4.69) is 22.2 Å². The molecule has 0 aliphatic carbocycles. The number of ether oxygens (including phenoxy) is 1. The molecule has 24 heavy (non-hydrogen) atoms. The van der Waals surface area contributed by atoms with Gasteiger partial charge < -0.3 is 10.1 Å². The standard InChI is InChI=1S/C18H24N4O2/c1-3-24-18(23)17-15(12-21-10-9-19-14(2)11-21)13-22(20-17)16-7-5-4-6-8-16/h4-8,13-14,19H,3,9-12H2,1-2H3/t14-/m1/s1. The first kappa shape index (κ1) is 16.7. The molecule has 1 atom stereocenters. The average Bonchev–Trinajstić information content (AvgIpc) is 3.00. The molecule has 1 N–H and O–H groups in total. The van der Waals surface area contributed by atoms with Gasteiger partial charge in [0.15, 0.2) is 5.69 Å². The number of esters is 1. The number of piperazine rings is 1. The smallest absolute Gasteiger partial charge is 0.359 e. The summed E-state index contributed by atoms with van der Waals surface area (Å²) in [7, 11) is 0. The van der Waals surface area contributed by atoms with Crippen LogP contribution < -0.4 is 5.32 Å². The van der Waals surface area contributed by atoms with Gasteiger partial charge in [-0.2, -0.15) is 5.10 Å². The lowest BCUT2D eigenvalue weighted by Gasteiger charge is -2.31. The molecule has 6 nitrogen and oxygen atoms in total. The van der Waals surface area contributed by atoms with E-state index in [1.807, 2.05) is 43.5 Å². The van der Waals surface area contributed by atoms with Crippen molar-refractivity contribution in [2.45, 2.75) is 26.4 Å². The van der Waals surface area contributed by atoms with Gasteiger partial charge in [-0.1, -0.05) is 18.2 Å². The highest BCUT2D eigenvalue weighted by atomic mass is 16.5. The number of carbonyl (C=O) groups excluding carboxylic acids is 1. The van der Waals surface area contributed by atoms with Crippen molar-refractivity contribution in [3.8, 4) is 5.69 Å². The molecule has 2 heterocycles. The molecule has 6 heteroatoms. The molecule has 1 aromatic carbocycles. The number of para-hydroxylation sites is 1. The van der Waals surface area contributed by atoms with Crippen LogP contribution >= 0.6 is 0 Å². The van der Waals surface area contributed by atoms with Gasteiger partial charge in [0.05, 0.1) is 12.3 Å². The minimum absolute atomic E-state index is 0.348. The fraction of sp³-hybridized carbons (Fsp3) is 0.444. The molecule has 3 rings (SSSR count). The highest BCUT2D eigenvalue weighted by Gasteiger charge is 2.22. The second-order valence-corrected chi connectivity index (χ2v) is 6.09. The van der Waals surface area contributed by atoms with Crippen LogP contribution in [0.1, 0.15) is 29.9 Å². The maximum Gasteiger partial charge on any atom is 0.359 e. The van der Waals surface area contributed by atoms with Crippen molar-refractivity contribution in [1.29, 1.82) is 0 Å². The van der Waals surface area contributed by atoms with Crippen molar-refractivity contribution in [2.24, 2.45) is 0 Å². The van der Waals surface area contributed by atoms with Crippen LogP contribution in [0.5, 0.6) is 0 Å². The second-order valence-electron chi connectivity index (χ2n) is 6.09. The molecule has 2 aromatic rings. The summed E-state index contributed by atoms with van der Waals surface area (Å²) in [5, 5.41) is 7.92. The Morgan fingerprint density at radius 3 is 2.88 bits per heavy atom. The fourth-order valence-electron chi connectivity index (χ4n) is 3.01. The van der Waals surface area contributed by atoms with Crippen molar-refractivity contribution in [3.05, 3.63) is 47.8 Å². The van der Waals surface area contributed by atoms with E-state index in [1.165, 1.54) is 0 Å². The molecule has 0 spiro atoms. The molecular formula is C18H24N4O2. The van der Waals surface area contributed by atoms with E-state index >= 15 is 0 Å². The molecule has 0 bridgehead atoms. The molecule has 0 radical (unpaired) electrons. The number of carbonyl (C=O) groups is 1. The van der Waals surface area contributed by atoms with Gasteiger partial charge in [0.1, 0.15) is 0 Å². The van der Waals surface area contributed by atoms with Crippen LogP contribution in [0.25, 0.3) is 5.69 Å². The maximum absolute atomic E-state index is 12.3. The van der Waals surface area contributed by atoms with Crippen LogP contribution in [0.15, 0.2) is 36.5 Å². The van der Waals surface area contributed by atoms with Crippen molar-refractivity contribution >= 4 is 5.97 Å². The normalized spacial score (nSPS) is 18.5. The second kappa shape index (κ2) is 7.59. The van der Waals surface area contributed by atoms with E-state index in [4.69, 9.17) is 4.74 Å². The van der Waals surface area contributed by atoms with Gasteiger partial charge >= 0.3 is 5.97 Å². The van der Waals surface area contributed by atoms with Crippen LogP contribution in [0.3, 0.4) is 0 Å². The predicted molar refractivity (Wildman–Crippen MR) is 92.3 cm³/mol. The summed E-state index contributed by atoms with van der Waals surface area (Å²) in [5.74, 6) is -0.356. The number of hydrogen-bond acceptors (Lipinski definition) is 5. The molecule has 1 saturated heterocycles. The summed E-state index contributed by atoms with van der Waals surface area (Å²) in [6.07, 6.45) is 1.94. The predicted octanol–water partition coefficient (Wildman–Crippen LogP) is 1.84. The van der Waals surface area contributed by atoms with Gasteiger partial charge in [-0.05, 0) is 26.0 Å². The van der Waals surface area contributed by atoms with E-state index in [0.29, 0.717) is 24.9 Å². The minimum Gasteiger partial charge on any atom is -0.461 e. The Morgan fingerprint density at radius 2 is 2.17 bits per heavy atom. The van der Waals surface area contributed by atoms with Gasteiger partial charge in [-0.15, -0.1) is 0 Å². The van der Waals surface area contributed by atoms with Crippen LogP contribution in [-0.4, -0.2) is 52.9 Å². The molecule has 1 aromatic heterocycles. The highest BCUT2D eigenvalue weighted by Crippen LogP contribution is 2.16. The van der Waals surface area contributed by atoms with E-state index < -0.39 is 0 Å². The minimum atomic E-state index is -0.356. The number of rotatable bonds is 5. The molecule has 0 saturated carbocycles. The Hall–Kier alpha value is -2.18. The van der Waals surface area contributed by atoms with Gasteiger partial charge in [0, 0.05) is 44.0 Å². The zero-order chi connectivity index (χ0) is 16.9. The Bertz CT molecular complexity index is 684. The summed E-state index contributed by atoms with van der Waals surface area (Å²) in [5.41, 5.74) is 2.25. The van der Waals surface area contributed by atoms with Crippen molar-refractivity contribution in [1.82, 2.24) is 20.0 Å². The van der Waals surface area contributed by atoms with Crippen LogP contribution in [-0.2, 0) is 11.3 Å². The van der Waals surface area contributed by atoms with E-state index in [9.17, 15) is 4.79 Å². The molecule has 0 unspecified atom stereocenters. The fourth-order valence-corrected chi connectivity index (χ4v) is 3.01.